The Balaban J connectivity index is 2.51. The molecule has 0 fully saturated rings. The quantitative estimate of drug-likeness (QED) is 0.663. The van der Waals surface area contributed by atoms with Gasteiger partial charge in [0.2, 0.25) is 0 Å². The van der Waals surface area contributed by atoms with E-state index >= 15 is 0 Å². The summed E-state index contributed by atoms with van der Waals surface area (Å²) in [5.41, 5.74) is 3.23. The van der Waals surface area contributed by atoms with Crippen molar-refractivity contribution in [2.45, 2.75) is 18.6 Å². The molecule has 3 heteroatoms. The number of halogens is 2. The monoisotopic (exact) mass is 296 g/mol. The van der Waals surface area contributed by atoms with Crippen molar-refractivity contribution < 1.29 is 0 Å². The van der Waals surface area contributed by atoms with Crippen LogP contribution in [0.15, 0.2) is 42.5 Å². The summed E-state index contributed by atoms with van der Waals surface area (Å²) >= 11 is 16.7. The minimum absolute atomic E-state index is 0.172. The lowest BCUT2D eigenvalue weighted by molar-refractivity contribution is 0.792. The second-order valence-corrected chi connectivity index (χ2v) is 6.73. The minimum atomic E-state index is -0.172. The summed E-state index contributed by atoms with van der Waals surface area (Å²) in [7, 11) is 0. The molecule has 0 N–H and O–H groups in total. The minimum Gasteiger partial charge on any atom is -0.168 e. The highest BCUT2D eigenvalue weighted by atomic mass is 35.5. The van der Waals surface area contributed by atoms with Crippen molar-refractivity contribution in [1.82, 2.24) is 0 Å². The molecule has 0 amide bonds. The maximum atomic E-state index is 6.23. The number of hydrogen-bond donors (Lipinski definition) is 1. The van der Waals surface area contributed by atoms with Crippen LogP contribution in [0.5, 0.6) is 0 Å². The van der Waals surface area contributed by atoms with E-state index in [4.69, 9.17) is 23.2 Å². The molecule has 0 atom stereocenters. The average molecular weight is 297 g/mol. The van der Waals surface area contributed by atoms with Crippen LogP contribution in [0.2, 0.25) is 10.0 Å². The van der Waals surface area contributed by atoms with Crippen molar-refractivity contribution in [2.24, 2.45) is 0 Å². The number of rotatable bonds is 2. The average Bonchev–Trinajstić information content (AvgIpc) is 2.28. The molecule has 0 aliphatic rings. The Morgan fingerprint density at radius 1 is 1.00 bits per heavy atom. The Kier molecular flexibility index (Phi) is 3.96. The lowest BCUT2D eigenvalue weighted by Crippen LogP contribution is -2.07. The fraction of sp³-hybridized carbons (Fsp3) is 0.200. The maximum absolute atomic E-state index is 6.23. The molecular formula is C15H14Cl2S. The normalized spacial score (nSPS) is 11.6. The molecular weight excluding hydrogens is 283 g/mol. The van der Waals surface area contributed by atoms with Crippen molar-refractivity contribution in [3.63, 3.8) is 0 Å². The van der Waals surface area contributed by atoms with Crippen molar-refractivity contribution >= 4 is 35.8 Å². The molecule has 2 aromatic rings. The van der Waals surface area contributed by atoms with Gasteiger partial charge in [-0.15, -0.1) is 0 Å². The highest BCUT2D eigenvalue weighted by molar-refractivity contribution is 7.81. The summed E-state index contributed by atoms with van der Waals surface area (Å²) in [6.45, 7) is 4.14. The van der Waals surface area contributed by atoms with E-state index < -0.39 is 0 Å². The van der Waals surface area contributed by atoms with E-state index in [0.717, 1.165) is 16.7 Å². The third-order valence-corrected chi connectivity index (χ3v) is 3.62. The summed E-state index contributed by atoms with van der Waals surface area (Å²) < 4.78 is -0.172. The van der Waals surface area contributed by atoms with Gasteiger partial charge in [0.1, 0.15) is 0 Å². The SMILES string of the molecule is CC(C)(S)c1cccc(-c2ccc(Cl)cc2Cl)c1. The van der Waals surface area contributed by atoms with E-state index in [1.165, 1.54) is 0 Å². The van der Waals surface area contributed by atoms with Gasteiger partial charge in [0, 0.05) is 20.4 Å². The van der Waals surface area contributed by atoms with E-state index in [0.29, 0.717) is 10.0 Å². The lowest BCUT2D eigenvalue weighted by Gasteiger charge is -2.19. The lowest BCUT2D eigenvalue weighted by atomic mass is 9.97. The van der Waals surface area contributed by atoms with Gasteiger partial charge in [-0.25, -0.2) is 0 Å². The largest absolute Gasteiger partial charge is 0.168 e. The molecule has 0 aliphatic carbocycles. The van der Waals surface area contributed by atoms with Crippen LogP contribution in [0, 0.1) is 0 Å². The van der Waals surface area contributed by atoms with E-state index in [2.05, 4.69) is 38.6 Å². The third-order valence-electron chi connectivity index (χ3n) is 2.81. The van der Waals surface area contributed by atoms with Crippen LogP contribution >= 0.6 is 35.8 Å². The molecule has 0 unspecified atom stereocenters. The predicted molar refractivity (Wildman–Crippen MR) is 83.9 cm³/mol. The second-order valence-electron chi connectivity index (χ2n) is 4.76. The Labute approximate surface area is 123 Å². The molecule has 0 saturated heterocycles. The molecule has 94 valence electrons. The molecule has 2 rings (SSSR count). The molecule has 0 saturated carbocycles. The summed E-state index contributed by atoms with van der Waals surface area (Å²) in [4.78, 5) is 0. The van der Waals surface area contributed by atoms with Gasteiger partial charge in [-0.3, -0.25) is 0 Å². The first kappa shape index (κ1) is 13.8. The van der Waals surface area contributed by atoms with Gasteiger partial charge in [0.05, 0.1) is 0 Å². The van der Waals surface area contributed by atoms with Gasteiger partial charge in [0.25, 0.3) is 0 Å². The van der Waals surface area contributed by atoms with Crippen LogP contribution in [0.1, 0.15) is 19.4 Å². The highest BCUT2D eigenvalue weighted by Crippen LogP contribution is 2.34. The van der Waals surface area contributed by atoms with Gasteiger partial charge < -0.3 is 0 Å². The Bertz CT molecular complexity index is 571. The van der Waals surface area contributed by atoms with E-state index in [-0.39, 0.29) is 4.75 Å². The van der Waals surface area contributed by atoms with Crippen molar-refractivity contribution in [2.75, 3.05) is 0 Å². The van der Waals surface area contributed by atoms with Crippen LogP contribution in [0.25, 0.3) is 11.1 Å². The van der Waals surface area contributed by atoms with Gasteiger partial charge in [-0.2, -0.15) is 12.6 Å². The van der Waals surface area contributed by atoms with Crippen LogP contribution < -0.4 is 0 Å². The van der Waals surface area contributed by atoms with Crippen LogP contribution in [-0.4, -0.2) is 0 Å². The zero-order valence-corrected chi connectivity index (χ0v) is 12.7. The van der Waals surface area contributed by atoms with E-state index in [1.807, 2.05) is 24.3 Å². The highest BCUT2D eigenvalue weighted by Gasteiger charge is 2.15. The van der Waals surface area contributed by atoms with Gasteiger partial charge in [-0.1, -0.05) is 47.5 Å². The molecule has 0 bridgehead atoms. The first-order chi connectivity index (χ1) is 8.38. The number of benzene rings is 2. The maximum Gasteiger partial charge on any atom is 0.0499 e. The second kappa shape index (κ2) is 5.16. The molecule has 0 nitrogen and oxygen atoms in total. The smallest absolute Gasteiger partial charge is 0.0499 e. The topological polar surface area (TPSA) is 0 Å². The molecule has 2 aromatic carbocycles. The molecule has 0 aromatic heterocycles. The standard InChI is InChI=1S/C15H14Cl2S/c1-15(2,18)11-5-3-4-10(8-11)13-7-6-12(16)9-14(13)17/h3-9,18H,1-2H3. The number of hydrogen-bond acceptors (Lipinski definition) is 1. The predicted octanol–water partition coefficient (Wildman–Crippen LogP) is 5.83. The van der Waals surface area contributed by atoms with Crippen LogP contribution in [-0.2, 0) is 4.75 Å². The van der Waals surface area contributed by atoms with Gasteiger partial charge in [0.15, 0.2) is 0 Å². The zero-order chi connectivity index (χ0) is 13.3. The van der Waals surface area contributed by atoms with Gasteiger partial charge >= 0.3 is 0 Å². The first-order valence-corrected chi connectivity index (χ1v) is 6.86. The fourth-order valence-electron chi connectivity index (χ4n) is 1.79. The van der Waals surface area contributed by atoms with Crippen molar-refractivity contribution in [3.8, 4) is 11.1 Å². The molecule has 0 radical (unpaired) electrons. The molecule has 0 spiro atoms. The summed E-state index contributed by atoms with van der Waals surface area (Å²) in [6, 6.07) is 13.8. The molecule has 0 heterocycles. The summed E-state index contributed by atoms with van der Waals surface area (Å²) in [5, 5.41) is 1.31. The Morgan fingerprint density at radius 2 is 1.72 bits per heavy atom. The van der Waals surface area contributed by atoms with Crippen molar-refractivity contribution in [3.05, 3.63) is 58.1 Å². The number of thiol groups is 1. The van der Waals surface area contributed by atoms with E-state index in [1.54, 1.807) is 6.07 Å². The van der Waals surface area contributed by atoms with Gasteiger partial charge in [-0.05, 0) is 43.2 Å². The third kappa shape index (κ3) is 3.03. The van der Waals surface area contributed by atoms with Crippen LogP contribution in [0.4, 0.5) is 0 Å². The van der Waals surface area contributed by atoms with Crippen LogP contribution in [0.3, 0.4) is 0 Å². The van der Waals surface area contributed by atoms with E-state index in [9.17, 15) is 0 Å². The fourth-order valence-corrected chi connectivity index (χ4v) is 2.45. The van der Waals surface area contributed by atoms with Crippen molar-refractivity contribution in [1.29, 1.82) is 0 Å². The Morgan fingerprint density at radius 3 is 2.33 bits per heavy atom. The summed E-state index contributed by atoms with van der Waals surface area (Å²) in [6.07, 6.45) is 0. The first-order valence-electron chi connectivity index (χ1n) is 5.66. The Hall–Kier alpha value is -0.630. The summed E-state index contributed by atoms with van der Waals surface area (Å²) in [5.74, 6) is 0. The zero-order valence-electron chi connectivity index (χ0n) is 10.2. The molecule has 18 heavy (non-hydrogen) atoms. The molecule has 0 aliphatic heterocycles.